The van der Waals surface area contributed by atoms with Gasteiger partial charge in [0.25, 0.3) is 0 Å². The largest absolute Gasteiger partial charge is 0.357 e. The number of aliphatic imine (C=N–C) groups is 1. The van der Waals surface area contributed by atoms with Crippen LogP contribution >= 0.6 is 0 Å². The summed E-state index contributed by atoms with van der Waals surface area (Å²) in [5.74, 6) is 2.70. The molecule has 140 valence electrons. The summed E-state index contributed by atoms with van der Waals surface area (Å²) in [6.07, 6.45) is 8.38. The molecule has 2 rings (SSSR count). The van der Waals surface area contributed by atoms with E-state index in [1.54, 1.807) is 0 Å². The van der Waals surface area contributed by atoms with Gasteiger partial charge in [-0.3, -0.25) is 0 Å². The highest BCUT2D eigenvalue weighted by molar-refractivity contribution is 5.79. The van der Waals surface area contributed by atoms with Crippen LogP contribution in [0.5, 0.6) is 0 Å². The van der Waals surface area contributed by atoms with Crippen molar-refractivity contribution in [3.8, 4) is 0 Å². The first-order valence-electron chi connectivity index (χ1n) is 9.91. The number of aromatic nitrogens is 1. The molecule has 1 aromatic heterocycles. The first-order valence-corrected chi connectivity index (χ1v) is 9.91. The molecule has 1 saturated heterocycles. The zero-order valence-electron chi connectivity index (χ0n) is 16.2. The Morgan fingerprint density at radius 3 is 2.52 bits per heavy atom. The molecule has 25 heavy (non-hydrogen) atoms. The molecule has 0 bridgehead atoms. The fourth-order valence-electron chi connectivity index (χ4n) is 2.99. The average molecular weight is 346 g/mol. The lowest BCUT2D eigenvalue weighted by Crippen LogP contribution is -2.38. The maximum absolute atomic E-state index is 4.68. The highest BCUT2D eigenvalue weighted by Gasteiger charge is 2.10. The van der Waals surface area contributed by atoms with E-state index in [1.807, 2.05) is 6.20 Å². The summed E-state index contributed by atoms with van der Waals surface area (Å²) in [6, 6.07) is 4.31. The molecule has 0 radical (unpaired) electrons. The molecule has 0 saturated carbocycles. The van der Waals surface area contributed by atoms with Gasteiger partial charge < -0.3 is 15.5 Å². The maximum atomic E-state index is 4.68. The average Bonchev–Trinajstić information content (AvgIpc) is 2.89. The third-order valence-corrected chi connectivity index (χ3v) is 4.52. The monoisotopic (exact) mass is 345 g/mol. The smallest absolute Gasteiger partial charge is 0.191 e. The van der Waals surface area contributed by atoms with Crippen molar-refractivity contribution in [1.29, 1.82) is 0 Å². The van der Waals surface area contributed by atoms with E-state index >= 15 is 0 Å². The van der Waals surface area contributed by atoms with E-state index < -0.39 is 0 Å². The third kappa shape index (κ3) is 7.32. The van der Waals surface area contributed by atoms with Gasteiger partial charge in [0.15, 0.2) is 5.96 Å². The standard InChI is InChI=1S/C20H35N5/c1-4-21-20(22-12-11-17(2)3)24-16-18-9-10-19(23-15-18)25-13-7-5-6-8-14-25/h9-10,15,17H,4-8,11-14,16H2,1-3H3,(H2,21,22,24). The van der Waals surface area contributed by atoms with Gasteiger partial charge in [-0.25, -0.2) is 9.98 Å². The van der Waals surface area contributed by atoms with Gasteiger partial charge in [-0.1, -0.05) is 32.8 Å². The van der Waals surface area contributed by atoms with Crippen LogP contribution in [0.2, 0.25) is 0 Å². The van der Waals surface area contributed by atoms with E-state index in [1.165, 1.54) is 25.7 Å². The third-order valence-electron chi connectivity index (χ3n) is 4.52. The van der Waals surface area contributed by atoms with Crippen LogP contribution in [0.4, 0.5) is 5.82 Å². The Bertz CT molecular complexity index is 501. The molecule has 0 atom stereocenters. The van der Waals surface area contributed by atoms with E-state index in [0.717, 1.165) is 49.9 Å². The van der Waals surface area contributed by atoms with Crippen LogP contribution in [0.15, 0.2) is 23.3 Å². The molecule has 0 unspecified atom stereocenters. The molecule has 1 aliphatic rings. The molecule has 2 heterocycles. The van der Waals surface area contributed by atoms with Gasteiger partial charge in [-0.05, 0) is 43.7 Å². The van der Waals surface area contributed by atoms with Gasteiger partial charge in [0, 0.05) is 32.4 Å². The minimum absolute atomic E-state index is 0.657. The van der Waals surface area contributed by atoms with Gasteiger partial charge in [-0.2, -0.15) is 0 Å². The van der Waals surface area contributed by atoms with Crippen molar-refractivity contribution in [1.82, 2.24) is 15.6 Å². The van der Waals surface area contributed by atoms with Crippen molar-refractivity contribution in [3.05, 3.63) is 23.9 Å². The van der Waals surface area contributed by atoms with Gasteiger partial charge >= 0.3 is 0 Å². The molecular formula is C20H35N5. The summed E-state index contributed by atoms with van der Waals surface area (Å²) in [5, 5.41) is 6.71. The van der Waals surface area contributed by atoms with Gasteiger partial charge in [0.2, 0.25) is 0 Å². The van der Waals surface area contributed by atoms with Crippen molar-refractivity contribution >= 4 is 11.8 Å². The second-order valence-electron chi connectivity index (χ2n) is 7.23. The lowest BCUT2D eigenvalue weighted by Gasteiger charge is -2.21. The van der Waals surface area contributed by atoms with E-state index in [4.69, 9.17) is 0 Å². The Morgan fingerprint density at radius 2 is 1.92 bits per heavy atom. The highest BCUT2D eigenvalue weighted by atomic mass is 15.2. The van der Waals surface area contributed by atoms with Crippen molar-refractivity contribution in [3.63, 3.8) is 0 Å². The molecule has 5 nitrogen and oxygen atoms in total. The maximum Gasteiger partial charge on any atom is 0.191 e. The predicted molar refractivity (Wildman–Crippen MR) is 107 cm³/mol. The lowest BCUT2D eigenvalue weighted by molar-refractivity contribution is 0.573. The molecular weight excluding hydrogens is 310 g/mol. The van der Waals surface area contributed by atoms with E-state index in [-0.39, 0.29) is 0 Å². The van der Waals surface area contributed by atoms with Crippen LogP contribution < -0.4 is 15.5 Å². The summed E-state index contributed by atoms with van der Waals surface area (Å²) in [6.45, 7) is 11.3. The number of guanidine groups is 1. The van der Waals surface area contributed by atoms with Gasteiger partial charge in [0.05, 0.1) is 6.54 Å². The Kier molecular flexibility index (Phi) is 8.56. The van der Waals surface area contributed by atoms with Gasteiger partial charge in [0.1, 0.15) is 5.82 Å². The van der Waals surface area contributed by atoms with Crippen LogP contribution in [-0.2, 0) is 6.54 Å². The van der Waals surface area contributed by atoms with Crippen molar-refractivity contribution in [2.24, 2.45) is 10.9 Å². The van der Waals surface area contributed by atoms with Crippen LogP contribution in [0, 0.1) is 5.92 Å². The van der Waals surface area contributed by atoms with Crippen LogP contribution in [0.1, 0.15) is 58.4 Å². The van der Waals surface area contributed by atoms with E-state index in [2.05, 4.69) is 58.4 Å². The van der Waals surface area contributed by atoms with Crippen LogP contribution in [0.3, 0.4) is 0 Å². The zero-order chi connectivity index (χ0) is 17.9. The summed E-state index contributed by atoms with van der Waals surface area (Å²) in [5.41, 5.74) is 1.15. The second kappa shape index (κ2) is 11.0. The number of nitrogens with zero attached hydrogens (tertiary/aromatic N) is 3. The number of pyridine rings is 1. The SMILES string of the molecule is CCNC(=NCc1ccc(N2CCCCCC2)nc1)NCCC(C)C. The molecule has 1 aromatic rings. The summed E-state index contributed by atoms with van der Waals surface area (Å²) in [4.78, 5) is 11.8. The Morgan fingerprint density at radius 1 is 1.16 bits per heavy atom. The molecule has 1 aliphatic heterocycles. The number of anilines is 1. The van der Waals surface area contributed by atoms with Crippen molar-refractivity contribution < 1.29 is 0 Å². The number of hydrogen-bond acceptors (Lipinski definition) is 3. The Labute approximate surface area is 153 Å². The number of hydrogen-bond donors (Lipinski definition) is 2. The predicted octanol–water partition coefficient (Wildman–Crippen LogP) is 3.56. The fourth-order valence-corrected chi connectivity index (χ4v) is 2.99. The minimum Gasteiger partial charge on any atom is -0.357 e. The topological polar surface area (TPSA) is 52.6 Å². The molecule has 0 aliphatic carbocycles. The quantitative estimate of drug-likeness (QED) is 0.586. The molecule has 0 amide bonds. The number of nitrogens with one attached hydrogen (secondary N) is 2. The summed E-state index contributed by atoms with van der Waals surface area (Å²) in [7, 11) is 0. The Hall–Kier alpha value is -1.78. The molecule has 1 fully saturated rings. The molecule has 5 heteroatoms. The van der Waals surface area contributed by atoms with Crippen LogP contribution in [-0.4, -0.2) is 37.1 Å². The zero-order valence-corrected chi connectivity index (χ0v) is 16.2. The summed E-state index contributed by atoms with van der Waals surface area (Å²) >= 11 is 0. The fraction of sp³-hybridized carbons (Fsp3) is 0.700. The summed E-state index contributed by atoms with van der Waals surface area (Å²) < 4.78 is 0. The Balaban J connectivity index is 1.89. The van der Waals surface area contributed by atoms with Crippen molar-refractivity contribution in [2.75, 3.05) is 31.1 Å². The minimum atomic E-state index is 0.657. The molecule has 0 aromatic carbocycles. The normalized spacial score (nSPS) is 16.0. The first kappa shape index (κ1) is 19.5. The van der Waals surface area contributed by atoms with Crippen LogP contribution in [0.25, 0.3) is 0 Å². The molecule has 2 N–H and O–H groups in total. The number of rotatable bonds is 7. The molecule has 0 spiro atoms. The first-order chi connectivity index (χ1) is 12.2. The van der Waals surface area contributed by atoms with E-state index in [9.17, 15) is 0 Å². The van der Waals surface area contributed by atoms with E-state index in [0.29, 0.717) is 12.5 Å². The lowest BCUT2D eigenvalue weighted by atomic mass is 10.1. The van der Waals surface area contributed by atoms with Gasteiger partial charge in [-0.15, -0.1) is 0 Å². The highest BCUT2D eigenvalue weighted by Crippen LogP contribution is 2.17. The van der Waals surface area contributed by atoms with Crippen molar-refractivity contribution in [2.45, 2.75) is 59.4 Å². The second-order valence-corrected chi connectivity index (χ2v) is 7.23.